The molecule has 3 rings (SSSR count). The van der Waals surface area contributed by atoms with Crippen molar-refractivity contribution < 1.29 is 0 Å². The zero-order chi connectivity index (χ0) is 11.8. The van der Waals surface area contributed by atoms with E-state index in [9.17, 15) is 0 Å². The van der Waals surface area contributed by atoms with E-state index >= 15 is 0 Å². The van der Waals surface area contributed by atoms with Gasteiger partial charge in [0.2, 0.25) is 0 Å². The number of hydrogen-bond donors (Lipinski definition) is 0. The lowest BCUT2D eigenvalue weighted by atomic mass is 10.1. The fourth-order valence-corrected chi connectivity index (χ4v) is 1.65. The summed E-state index contributed by atoms with van der Waals surface area (Å²) >= 11 is 0. The van der Waals surface area contributed by atoms with Crippen molar-refractivity contribution in [3.05, 3.63) is 85.0 Å². The van der Waals surface area contributed by atoms with Gasteiger partial charge >= 0.3 is 0 Å². The minimum atomic E-state index is 1.14. The van der Waals surface area contributed by atoms with Crippen LogP contribution in [0.5, 0.6) is 0 Å². The summed E-state index contributed by atoms with van der Waals surface area (Å²) in [4.78, 5) is 0. The highest BCUT2D eigenvalue weighted by atomic mass is 14.0. The molecule has 0 saturated carbocycles. The van der Waals surface area contributed by atoms with E-state index < -0.39 is 0 Å². The molecule has 1 aliphatic carbocycles. The molecule has 0 aromatic heterocycles. The van der Waals surface area contributed by atoms with Gasteiger partial charge < -0.3 is 0 Å². The molecule has 0 fully saturated rings. The molecule has 0 unspecified atom stereocenters. The van der Waals surface area contributed by atoms with E-state index in [0.29, 0.717) is 0 Å². The van der Waals surface area contributed by atoms with E-state index in [1.165, 1.54) is 11.1 Å². The Morgan fingerprint density at radius 1 is 0.529 bits per heavy atom. The lowest BCUT2D eigenvalue weighted by Crippen LogP contribution is -1.73. The lowest BCUT2D eigenvalue weighted by Gasteiger charge is -1.98. The minimum absolute atomic E-state index is 1.14. The maximum absolute atomic E-state index is 2.12. The number of rotatable bonds is 1. The number of hydrogen-bond acceptors (Lipinski definition) is 0. The minimum Gasteiger partial charge on any atom is -0.0808 e. The summed E-state index contributed by atoms with van der Waals surface area (Å²) in [6, 6.07) is 20.8. The van der Waals surface area contributed by atoms with Gasteiger partial charge in [-0.25, -0.2) is 0 Å². The van der Waals surface area contributed by atoms with Crippen molar-refractivity contribution in [2.75, 3.05) is 0 Å². The molecule has 0 aliphatic heterocycles. The third kappa shape index (κ3) is 3.76. The van der Waals surface area contributed by atoms with Gasteiger partial charge in [0.05, 0.1) is 0 Å². The van der Waals surface area contributed by atoms with Gasteiger partial charge in [0.1, 0.15) is 0 Å². The van der Waals surface area contributed by atoms with Gasteiger partial charge in [-0.05, 0) is 17.5 Å². The summed E-state index contributed by atoms with van der Waals surface area (Å²) in [7, 11) is 0. The first kappa shape index (κ1) is 11.4. The zero-order valence-electron chi connectivity index (χ0n) is 9.79. The molecule has 0 saturated heterocycles. The third-order valence-corrected chi connectivity index (χ3v) is 2.54. The molecule has 0 N–H and O–H groups in total. The van der Waals surface area contributed by atoms with Crippen LogP contribution in [0.25, 0.3) is 11.1 Å². The Kier molecular flexibility index (Phi) is 4.36. The molecule has 2 aromatic carbocycles. The molecule has 0 spiro atoms. The summed E-state index contributed by atoms with van der Waals surface area (Å²) < 4.78 is 0. The van der Waals surface area contributed by atoms with Crippen LogP contribution in [-0.2, 0) is 0 Å². The molecule has 0 amide bonds. The number of benzene rings is 2. The van der Waals surface area contributed by atoms with Crippen LogP contribution in [-0.4, -0.2) is 0 Å². The van der Waals surface area contributed by atoms with Crippen molar-refractivity contribution in [3.8, 4) is 11.1 Å². The van der Waals surface area contributed by atoms with Gasteiger partial charge in [-0.15, -0.1) is 0 Å². The first-order valence-corrected chi connectivity index (χ1v) is 5.89. The van der Waals surface area contributed by atoms with Crippen molar-refractivity contribution in [1.29, 1.82) is 0 Å². The highest BCUT2D eigenvalue weighted by Crippen LogP contribution is 2.17. The Morgan fingerprint density at radius 3 is 1.24 bits per heavy atom. The van der Waals surface area contributed by atoms with E-state index in [-0.39, 0.29) is 0 Å². The summed E-state index contributed by atoms with van der Waals surface area (Å²) in [5.41, 5.74) is 2.55. The molecule has 17 heavy (non-hydrogen) atoms. The van der Waals surface area contributed by atoms with Crippen LogP contribution in [0, 0.1) is 0 Å². The summed E-state index contributed by atoms with van der Waals surface area (Å²) in [5, 5.41) is 0. The fraction of sp³-hybridized carbons (Fsp3) is 0.0588. The normalized spacial score (nSPS) is 12.0. The topological polar surface area (TPSA) is 0 Å². The maximum atomic E-state index is 2.12. The Hall–Kier alpha value is -2.08. The van der Waals surface area contributed by atoms with Crippen molar-refractivity contribution in [3.63, 3.8) is 0 Å². The van der Waals surface area contributed by atoms with Crippen LogP contribution < -0.4 is 0 Å². The second-order valence-electron chi connectivity index (χ2n) is 3.82. The van der Waals surface area contributed by atoms with E-state index in [0.717, 1.165) is 6.42 Å². The van der Waals surface area contributed by atoms with Gasteiger partial charge in [0.15, 0.2) is 0 Å². The van der Waals surface area contributed by atoms with Gasteiger partial charge in [-0.2, -0.15) is 0 Å². The van der Waals surface area contributed by atoms with Crippen LogP contribution in [0.15, 0.2) is 85.0 Å². The summed E-state index contributed by atoms with van der Waals surface area (Å²) in [5.74, 6) is 0. The molecule has 0 atom stereocenters. The van der Waals surface area contributed by atoms with Crippen LogP contribution >= 0.6 is 0 Å². The van der Waals surface area contributed by atoms with E-state index in [1.54, 1.807) is 0 Å². The Morgan fingerprint density at radius 2 is 0.941 bits per heavy atom. The molecule has 2 aromatic rings. The highest BCUT2D eigenvalue weighted by Gasteiger charge is 1.91. The SMILES string of the molecule is C1=CCC=C1.c1ccc(-c2ccccc2)cc1. The van der Waals surface area contributed by atoms with Gasteiger partial charge in [0, 0.05) is 0 Å². The predicted octanol–water partition coefficient (Wildman–Crippen LogP) is 4.86. The third-order valence-electron chi connectivity index (χ3n) is 2.54. The van der Waals surface area contributed by atoms with Gasteiger partial charge in [-0.3, -0.25) is 0 Å². The molecule has 0 nitrogen and oxygen atoms in total. The van der Waals surface area contributed by atoms with Crippen molar-refractivity contribution in [2.24, 2.45) is 0 Å². The molecular weight excluding hydrogens is 204 g/mol. The molecule has 0 heterocycles. The highest BCUT2D eigenvalue weighted by molar-refractivity contribution is 5.62. The molecule has 84 valence electrons. The Labute approximate surface area is 103 Å². The lowest BCUT2D eigenvalue weighted by molar-refractivity contribution is 1.45. The predicted molar refractivity (Wildman–Crippen MR) is 74.8 cm³/mol. The first-order chi connectivity index (χ1) is 8.47. The van der Waals surface area contributed by atoms with Crippen molar-refractivity contribution >= 4 is 0 Å². The summed E-state index contributed by atoms with van der Waals surface area (Å²) in [6.07, 6.45) is 9.50. The molecule has 0 radical (unpaired) electrons. The van der Waals surface area contributed by atoms with Crippen molar-refractivity contribution in [2.45, 2.75) is 6.42 Å². The van der Waals surface area contributed by atoms with E-state index in [2.05, 4.69) is 72.8 Å². The zero-order valence-corrected chi connectivity index (χ0v) is 9.79. The Bertz CT molecular complexity index is 430. The van der Waals surface area contributed by atoms with Crippen LogP contribution in [0.1, 0.15) is 6.42 Å². The van der Waals surface area contributed by atoms with E-state index in [4.69, 9.17) is 0 Å². The number of allylic oxidation sites excluding steroid dienone is 4. The van der Waals surface area contributed by atoms with Crippen LogP contribution in [0.3, 0.4) is 0 Å². The van der Waals surface area contributed by atoms with Gasteiger partial charge in [-0.1, -0.05) is 85.0 Å². The maximum Gasteiger partial charge on any atom is -0.0163 e. The smallest absolute Gasteiger partial charge is 0.0163 e. The van der Waals surface area contributed by atoms with Crippen LogP contribution in [0.4, 0.5) is 0 Å². The molecule has 0 heteroatoms. The van der Waals surface area contributed by atoms with Crippen LogP contribution in [0.2, 0.25) is 0 Å². The summed E-state index contributed by atoms with van der Waals surface area (Å²) in [6.45, 7) is 0. The second kappa shape index (κ2) is 6.49. The second-order valence-corrected chi connectivity index (χ2v) is 3.82. The van der Waals surface area contributed by atoms with Gasteiger partial charge in [0.25, 0.3) is 0 Å². The molecule has 0 bridgehead atoms. The van der Waals surface area contributed by atoms with Crippen molar-refractivity contribution in [1.82, 2.24) is 0 Å². The Balaban J connectivity index is 0.000000181. The van der Waals surface area contributed by atoms with E-state index in [1.807, 2.05) is 12.1 Å². The quantitative estimate of drug-likeness (QED) is 0.644. The average molecular weight is 220 g/mol. The average Bonchev–Trinajstić information content (AvgIpc) is 3.00. The largest absolute Gasteiger partial charge is 0.0808 e. The first-order valence-electron chi connectivity index (χ1n) is 5.89. The molecular formula is C17H16. The molecule has 1 aliphatic rings. The standard InChI is InChI=1S/C12H10.C5H6/c1-3-7-11(8-4-1)12-9-5-2-6-10-12;1-2-4-5-3-1/h1-10H;1-4H,5H2. The fourth-order valence-electron chi connectivity index (χ4n) is 1.65. The monoisotopic (exact) mass is 220 g/mol.